The molecule has 1 rings (SSSR count). The van der Waals surface area contributed by atoms with E-state index in [1.54, 1.807) is 19.1 Å². The van der Waals surface area contributed by atoms with E-state index in [9.17, 15) is 13.2 Å². The van der Waals surface area contributed by atoms with Crippen LogP contribution in [0.1, 0.15) is 19.8 Å². The van der Waals surface area contributed by atoms with Crippen LogP contribution in [0.2, 0.25) is 0 Å². The molecule has 5 heteroatoms. The zero-order chi connectivity index (χ0) is 11.5. The van der Waals surface area contributed by atoms with E-state index < -0.39 is 9.84 Å². The third-order valence-electron chi connectivity index (χ3n) is 2.63. The molecule has 0 saturated carbocycles. The first-order valence-corrected chi connectivity index (χ1v) is 6.94. The van der Waals surface area contributed by atoms with Crippen LogP contribution >= 0.6 is 0 Å². The van der Waals surface area contributed by atoms with Crippen molar-refractivity contribution in [2.24, 2.45) is 11.7 Å². The first kappa shape index (κ1) is 12.4. The van der Waals surface area contributed by atoms with Crippen molar-refractivity contribution < 1.29 is 13.2 Å². The Bertz CT molecular complexity index is 359. The number of carbonyl (C=O) groups excluding carboxylic acids is 1. The van der Waals surface area contributed by atoms with Crippen molar-refractivity contribution in [3.05, 3.63) is 12.2 Å². The van der Waals surface area contributed by atoms with Crippen molar-refractivity contribution in [3.63, 3.8) is 0 Å². The maximum atomic E-state index is 11.6. The molecule has 0 radical (unpaired) electrons. The number of hydrogen-bond acceptors (Lipinski definition) is 4. The zero-order valence-electron chi connectivity index (χ0n) is 8.85. The van der Waals surface area contributed by atoms with E-state index in [4.69, 9.17) is 5.73 Å². The van der Waals surface area contributed by atoms with E-state index in [0.29, 0.717) is 6.42 Å². The first-order chi connectivity index (χ1) is 6.94. The Hall–Kier alpha value is -0.680. The Morgan fingerprint density at radius 3 is 2.60 bits per heavy atom. The molecule has 2 unspecified atom stereocenters. The lowest BCUT2D eigenvalue weighted by molar-refractivity contribution is -0.121. The number of allylic oxidation sites excluding steroid dienone is 1. The van der Waals surface area contributed by atoms with Gasteiger partial charge in [0.2, 0.25) is 0 Å². The highest BCUT2D eigenvalue weighted by Gasteiger charge is 2.23. The average molecular weight is 231 g/mol. The lowest BCUT2D eigenvalue weighted by Crippen LogP contribution is -2.21. The van der Waals surface area contributed by atoms with E-state index in [0.717, 1.165) is 0 Å². The highest BCUT2D eigenvalue weighted by Crippen LogP contribution is 2.18. The maximum Gasteiger partial charge on any atom is 0.150 e. The molecule has 0 aromatic carbocycles. The molecule has 1 aliphatic carbocycles. The molecule has 0 heterocycles. The zero-order valence-corrected chi connectivity index (χ0v) is 9.66. The minimum atomic E-state index is -3.03. The van der Waals surface area contributed by atoms with Crippen molar-refractivity contribution >= 4 is 15.6 Å². The SMILES string of the molecule is CCS(=O)(=O)CCC(=O)C1C=CC(N)C1. The summed E-state index contributed by atoms with van der Waals surface area (Å²) in [6.45, 7) is 1.59. The largest absolute Gasteiger partial charge is 0.324 e. The van der Waals surface area contributed by atoms with E-state index >= 15 is 0 Å². The second-order valence-electron chi connectivity index (χ2n) is 3.84. The predicted molar refractivity (Wildman–Crippen MR) is 59.2 cm³/mol. The van der Waals surface area contributed by atoms with Crippen LogP contribution in [0.5, 0.6) is 0 Å². The Morgan fingerprint density at radius 1 is 1.47 bits per heavy atom. The highest BCUT2D eigenvalue weighted by molar-refractivity contribution is 7.91. The monoisotopic (exact) mass is 231 g/mol. The summed E-state index contributed by atoms with van der Waals surface area (Å²) in [6.07, 6.45) is 4.31. The standard InChI is InChI=1S/C10H17NO3S/c1-2-15(13,14)6-5-10(12)8-3-4-9(11)7-8/h3-4,8-9H,2,5-7,11H2,1H3. The van der Waals surface area contributed by atoms with E-state index in [1.165, 1.54) is 0 Å². The van der Waals surface area contributed by atoms with Crippen LogP contribution in [0.15, 0.2) is 12.2 Å². The number of hydrogen-bond donors (Lipinski definition) is 1. The molecule has 0 fully saturated rings. The summed E-state index contributed by atoms with van der Waals surface area (Å²) in [5.74, 6) is -0.134. The van der Waals surface area contributed by atoms with Crippen LogP contribution in [0, 0.1) is 5.92 Å². The quantitative estimate of drug-likeness (QED) is 0.690. The number of rotatable bonds is 5. The summed E-state index contributed by atoms with van der Waals surface area (Å²) in [4.78, 5) is 11.6. The molecule has 1 aliphatic rings. The van der Waals surface area contributed by atoms with Crippen LogP contribution < -0.4 is 5.73 Å². The summed E-state index contributed by atoms with van der Waals surface area (Å²) in [6, 6.07) is -0.0540. The van der Waals surface area contributed by atoms with Gasteiger partial charge in [-0.2, -0.15) is 0 Å². The van der Waals surface area contributed by atoms with Crippen LogP contribution in [-0.4, -0.2) is 31.7 Å². The van der Waals surface area contributed by atoms with Gasteiger partial charge in [-0.05, 0) is 6.42 Å². The van der Waals surface area contributed by atoms with Crippen molar-refractivity contribution in [3.8, 4) is 0 Å². The molecule has 0 amide bonds. The second kappa shape index (κ2) is 4.90. The average Bonchev–Trinajstić information content (AvgIpc) is 2.61. The number of ketones is 1. The van der Waals surface area contributed by atoms with Crippen molar-refractivity contribution in [1.29, 1.82) is 0 Å². The molecule has 0 spiro atoms. The maximum absolute atomic E-state index is 11.6. The van der Waals surface area contributed by atoms with Crippen LogP contribution in [0.4, 0.5) is 0 Å². The molecule has 4 nitrogen and oxygen atoms in total. The van der Waals surface area contributed by atoms with Crippen LogP contribution in [-0.2, 0) is 14.6 Å². The Kier molecular flexibility index (Phi) is 4.04. The van der Waals surface area contributed by atoms with Crippen LogP contribution in [0.25, 0.3) is 0 Å². The Labute approximate surface area is 90.5 Å². The summed E-state index contributed by atoms with van der Waals surface area (Å²) < 4.78 is 22.4. The molecule has 0 bridgehead atoms. The molecule has 0 saturated heterocycles. The summed E-state index contributed by atoms with van der Waals surface area (Å²) >= 11 is 0. The normalized spacial score (nSPS) is 25.7. The van der Waals surface area contributed by atoms with Gasteiger partial charge in [0.25, 0.3) is 0 Å². The molecule has 0 aliphatic heterocycles. The van der Waals surface area contributed by atoms with Crippen molar-refractivity contribution in [1.82, 2.24) is 0 Å². The molecule has 0 aromatic rings. The minimum Gasteiger partial charge on any atom is -0.324 e. The number of carbonyl (C=O) groups is 1. The fourth-order valence-electron chi connectivity index (χ4n) is 1.55. The predicted octanol–water partition coefficient (Wildman–Crippen LogP) is 0.284. The Morgan fingerprint density at radius 2 is 2.13 bits per heavy atom. The molecular formula is C10H17NO3S. The van der Waals surface area contributed by atoms with Gasteiger partial charge in [-0.1, -0.05) is 19.1 Å². The van der Waals surface area contributed by atoms with Gasteiger partial charge in [0.15, 0.2) is 0 Å². The summed E-state index contributed by atoms with van der Waals surface area (Å²) in [5.41, 5.74) is 5.61. The summed E-state index contributed by atoms with van der Waals surface area (Å²) in [5, 5.41) is 0. The van der Waals surface area contributed by atoms with Gasteiger partial charge < -0.3 is 5.73 Å². The number of sulfone groups is 1. The second-order valence-corrected chi connectivity index (χ2v) is 6.32. The molecule has 2 atom stereocenters. The molecule has 2 N–H and O–H groups in total. The molecular weight excluding hydrogens is 214 g/mol. The minimum absolute atomic E-state index is 0.0174. The van der Waals surface area contributed by atoms with Gasteiger partial charge in [-0.15, -0.1) is 0 Å². The van der Waals surface area contributed by atoms with Gasteiger partial charge in [0.05, 0.1) is 5.75 Å². The van der Waals surface area contributed by atoms with Gasteiger partial charge in [-0.3, -0.25) is 4.79 Å². The molecule has 15 heavy (non-hydrogen) atoms. The van der Waals surface area contributed by atoms with Gasteiger partial charge >= 0.3 is 0 Å². The van der Waals surface area contributed by atoms with E-state index in [2.05, 4.69) is 0 Å². The molecule has 0 aromatic heterocycles. The third kappa shape index (κ3) is 3.76. The first-order valence-electron chi connectivity index (χ1n) is 5.11. The number of Topliss-reactive ketones (excluding diaryl/α,β-unsaturated/α-hetero) is 1. The topological polar surface area (TPSA) is 77.2 Å². The smallest absolute Gasteiger partial charge is 0.150 e. The van der Waals surface area contributed by atoms with Crippen LogP contribution in [0.3, 0.4) is 0 Å². The number of nitrogens with two attached hydrogens (primary N) is 1. The summed E-state index contributed by atoms with van der Waals surface area (Å²) in [7, 11) is -3.03. The highest BCUT2D eigenvalue weighted by atomic mass is 32.2. The fourth-order valence-corrected chi connectivity index (χ4v) is 2.35. The van der Waals surface area contributed by atoms with Gasteiger partial charge in [0.1, 0.15) is 15.6 Å². The van der Waals surface area contributed by atoms with E-state index in [1.807, 2.05) is 0 Å². The lowest BCUT2D eigenvalue weighted by atomic mass is 10.0. The third-order valence-corrected chi connectivity index (χ3v) is 4.34. The van der Waals surface area contributed by atoms with Gasteiger partial charge in [0, 0.05) is 24.1 Å². The fraction of sp³-hybridized carbons (Fsp3) is 0.700. The Balaban J connectivity index is 2.41. The molecule has 86 valence electrons. The van der Waals surface area contributed by atoms with Crippen molar-refractivity contribution in [2.75, 3.05) is 11.5 Å². The van der Waals surface area contributed by atoms with Gasteiger partial charge in [-0.25, -0.2) is 8.42 Å². The van der Waals surface area contributed by atoms with Crippen molar-refractivity contribution in [2.45, 2.75) is 25.8 Å². The van der Waals surface area contributed by atoms with E-state index in [-0.39, 0.29) is 35.7 Å². The lowest BCUT2D eigenvalue weighted by Gasteiger charge is -2.07.